The fraction of sp³-hybridized carbons (Fsp3) is 0.400. The molecule has 2 aliphatic heterocycles. The summed E-state index contributed by atoms with van der Waals surface area (Å²) in [6, 6.07) is 3.39. The molecule has 2 aliphatic rings. The first-order chi connectivity index (χ1) is 14.8. The fourth-order valence-electron chi connectivity index (χ4n) is 3.87. The number of hydrogen-bond donors (Lipinski definition) is 0. The van der Waals surface area contributed by atoms with Gasteiger partial charge >= 0.3 is 6.11 Å². The van der Waals surface area contributed by atoms with Crippen LogP contribution >= 0.6 is 11.8 Å². The Hall–Kier alpha value is -2.63. The number of ether oxygens (including phenoxy) is 2. The highest BCUT2D eigenvalue weighted by Gasteiger charge is 2.43. The quantitative estimate of drug-likeness (QED) is 0.567. The van der Waals surface area contributed by atoms with Gasteiger partial charge in [-0.25, -0.2) is 9.97 Å². The minimum atomic E-state index is -3.38. The highest BCUT2D eigenvalue weighted by atomic mass is 32.2. The van der Waals surface area contributed by atoms with Gasteiger partial charge in [0.2, 0.25) is 0 Å². The van der Waals surface area contributed by atoms with Crippen molar-refractivity contribution in [3.05, 3.63) is 57.4 Å². The zero-order chi connectivity index (χ0) is 21.8. The summed E-state index contributed by atoms with van der Waals surface area (Å²) >= 11 is 1.30. The number of anilines is 1. The number of aromatic nitrogens is 4. The molecule has 5 rings (SSSR count). The van der Waals surface area contributed by atoms with Gasteiger partial charge in [-0.2, -0.15) is 8.78 Å². The van der Waals surface area contributed by atoms with Crippen LogP contribution in [0.2, 0.25) is 0 Å². The summed E-state index contributed by atoms with van der Waals surface area (Å²) in [5, 5.41) is 0.482. The van der Waals surface area contributed by atoms with Gasteiger partial charge in [0.05, 0.1) is 37.2 Å². The van der Waals surface area contributed by atoms with Crippen molar-refractivity contribution in [1.29, 1.82) is 0 Å². The average molecular weight is 447 g/mol. The van der Waals surface area contributed by atoms with E-state index in [1.165, 1.54) is 27.3 Å². The number of hydrogen-bond acceptors (Lipinski definition) is 8. The molecule has 1 atom stereocenters. The van der Waals surface area contributed by atoms with E-state index in [0.29, 0.717) is 33.2 Å². The molecule has 5 heterocycles. The van der Waals surface area contributed by atoms with E-state index < -0.39 is 18.8 Å². The van der Waals surface area contributed by atoms with Crippen molar-refractivity contribution in [2.45, 2.75) is 37.4 Å². The number of pyridine rings is 1. The summed E-state index contributed by atoms with van der Waals surface area (Å²) in [7, 11) is 0. The maximum atomic E-state index is 14.5. The summed E-state index contributed by atoms with van der Waals surface area (Å²) in [6.45, 7) is 1.74. The first-order valence-corrected chi connectivity index (χ1v) is 10.9. The third-order valence-corrected chi connectivity index (χ3v) is 5.98. The summed E-state index contributed by atoms with van der Waals surface area (Å²) in [4.78, 5) is 27.6. The lowest BCUT2D eigenvalue weighted by atomic mass is 10.1. The smallest absolute Gasteiger partial charge is 0.370 e. The Labute approximate surface area is 180 Å². The Morgan fingerprint density at radius 1 is 1.29 bits per heavy atom. The second-order valence-corrected chi connectivity index (χ2v) is 8.29. The minimum Gasteiger partial charge on any atom is -0.370 e. The van der Waals surface area contributed by atoms with Crippen LogP contribution in [0.15, 0.2) is 34.3 Å². The minimum absolute atomic E-state index is 0.154. The first-order valence-electron chi connectivity index (χ1n) is 9.64. The molecule has 1 unspecified atom stereocenters. The monoisotopic (exact) mass is 447 g/mol. The second-order valence-electron chi connectivity index (χ2n) is 7.49. The highest BCUT2D eigenvalue weighted by molar-refractivity contribution is 7.98. The summed E-state index contributed by atoms with van der Waals surface area (Å²) in [5.74, 6) is 0.262. The standard InChI is InChI=1S/C20H19F2N5O3S/c1-11-5-12(3-4-23-11)15-6-26(10-20(21,22)30-15)16-7-27-17(18(25-16)31-2)24-14-9-29-8-13(14)19(27)28/h3-5,7,15H,6,8-10H2,1-2H3. The zero-order valence-corrected chi connectivity index (χ0v) is 17.7. The molecule has 0 bridgehead atoms. The number of halogens is 2. The zero-order valence-electron chi connectivity index (χ0n) is 16.8. The van der Waals surface area contributed by atoms with Gasteiger partial charge in [0.1, 0.15) is 23.5 Å². The van der Waals surface area contributed by atoms with Gasteiger partial charge in [0, 0.05) is 11.9 Å². The molecule has 0 amide bonds. The van der Waals surface area contributed by atoms with Crippen LogP contribution in [0.5, 0.6) is 0 Å². The number of fused-ring (bicyclic) bond motifs is 2. The van der Waals surface area contributed by atoms with E-state index in [-0.39, 0.29) is 31.1 Å². The Morgan fingerprint density at radius 3 is 2.90 bits per heavy atom. The molecule has 1 fully saturated rings. The van der Waals surface area contributed by atoms with Crippen LogP contribution in [-0.4, -0.2) is 44.8 Å². The molecule has 0 radical (unpaired) electrons. The molecule has 8 nitrogen and oxygen atoms in total. The van der Waals surface area contributed by atoms with Gasteiger partial charge in [-0.05, 0) is 30.9 Å². The van der Waals surface area contributed by atoms with Crippen molar-refractivity contribution in [3.8, 4) is 0 Å². The Morgan fingerprint density at radius 2 is 2.13 bits per heavy atom. The van der Waals surface area contributed by atoms with E-state index in [1.807, 2.05) is 0 Å². The maximum Gasteiger partial charge on any atom is 0.373 e. The van der Waals surface area contributed by atoms with Crippen LogP contribution in [0.1, 0.15) is 28.6 Å². The van der Waals surface area contributed by atoms with Crippen LogP contribution in [0, 0.1) is 6.92 Å². The molecule has 1 saturated heterocycles. The van der Waals surface area contributed by atoms with Crippen molar-refractivity contribution in [1.82, 2.24) is 19.4 Å². The number of thioether (sulfide) groups is 1. The molecule has 0 aliphatic carbocycles. The summed E-state index contributed by atoms with van der Waals surface area (Å²) < 4.78 is 40.8. The number of aryl methyl sites for hydroxylation is 1. The summed E-state index contributed by atoms with van der Waals surface area (Å²) in [5.41, 5.74) is 2.53. The lowest BCUT2D eigenvalue weighted by molar-refractivity contribution is -0.269. The maximum absolute atomic E-state index is 14.5. The van der Waals surface area contributed by atoms with Gasteiger partial charge in [0.25, 0.3) is 5.56 Å². The van der Waals surface area contributed by atoms with E-state index in [4.69, 9.17) is 9.47 Å². The Kier molecular flexibility index (Phi) is 4.91. The van der Waals surface area contributed by atoms with Crippen molar-refractivity contribution in [2.75, 3.05) is 24.2 Å². The molecular weight excluding hydrogens is 428 g/mol. The van der Waals surface area contributed by atoms with Crippen molar-refractivity contribution >= 4 is 23.2 Å². The van der Waals surface area contributed by atoms with Crippen molar-refractivity contribution in [3.63, 3.8) is 0 Å². The largest absolute Gasteiger partial charge is 0.373 e. The number of morpholine rings is 1. The molecule has 0 spiro atoms. The van der Waals surface area contributed by atoms with Gasteiger partial charge in [-0.15, -0.1) is 11.8 Å². The molecule has 3 aromatic heterocycles. The Bertz CT molecular complexity index is 1240. The van der Waals surface area contributed by atoms with Crippen LogP contribution < -0.4 is 10.5 Å². The van der Waals surface area contributed by atoms with E-state index >= 15 is 0 Å². The number of alkyl halides is 2. The predicted octanol–water partition coefficient (Wildman–Crippen LogP) is 2.72. The third-order valence-electron chi connectivity index (χ3n) is 5.32. The lowest BCUT2D eigenvalue weighted by Crippen LogP contribution is -2.48. The van der Waals surface area contributed by atoms with E-state index in [0.717, 1.165) is 0 Å². The molecule has 0 aromatic carbocycles. The number of nitrogens with zero attached hydrogens (tertiary/aromatic N) is 5. The van der Waals surface area contributed by atoms with Crippen molar-refractivity contribution < 1.29 is 18.3 Å². The SMILES string of the molecule is CSc1nc(N2CC(c3ccnc(C)c3)OC(F)(F)C2)cn2c(=O)c3c(nc12)COC3. The molecular formula is C20H19F2N5O3S. The molecule has 162 valence electrons. The van der Waals surface area contributed by atoms with E-state index in [9.17, 15) is 13.6 Å². The lowest BCUT2D eigenvalue weighted by Gasteiger charge is -2.38. The van der Waals surface area contributed by atoms with Crippen LogP contribution in [0.4, 0.5) is 14.6 Å². The topological polar surface area (TPSA) is 81.9 Å². The normalized spacial score (nSPS) is 20.3. The first kappa shape index (κ1) is 20.3. The van der Waals surface area contributed by atoms with Gasteiger partial charge in [0.15, 0.2) is 5.65 Å². The van der Waals surface area contributed by atoms with Crippen LogP contribution in [0.25, 0.3) is 5.65 Å². The van der Waals surface area contributed by atoms with Crippen LogP contribution in [-0.2, 0) is 22.7 Å². The molecule has 31 heavy (non-hydrogen) atoms. The van der Waals surface area contributed by atoms with Crippen LogP contribution in [0.3, 0.4) is 0 Å². The van der Waals surface area contributed by atoms with Gasteiger partial charge in [-0.1, -0.05) is 0 Å². The van der Waals surface area contributed by atoms with Crippen molar-refractivity contribution in [2.24, 2.45) is 0 Å². The second kappa shape index (κ2) is 7.50. The van der Waals surface area contributed by atoms with E-state index in [2.05, 4.69) is 15.0 Å². The molecule has 11 heteroatoms. The highest BCUT2D eigenvalue weighted by Crippen LogP contribution is 2.35. The predicted molar refractivity (Wildman–Crippen MR) is 109 cm³/mol. The molecule has 0 saturated carbocycles. The number of rotatable bonds is 3. The third kappa shape index (κ3) is 3.66. The molecule has 3 aromatic rings. The molecule has 0 N–H and O–H groups in total. The van der Waals surface area contributed by atoms with Gasteiger partial charge in [-0.3, -0.25) is 14.2 Å². The fourth-order valence-corrected chi connectivity index (χ4v) is 4.38. The van der Waals surface area contributed by atoms with E-state index in [1.54, 1.807) is 31.5 Å². The average Bonchev–Trinajstić information content (AvgIpc) is 3.21. The van der Waals surface area contributed by atoms with Gasteiger partial charge < -0.3 is 14.4 Å². The summed E-state index contributed by atoms with van der Waals surface area (Å²) in [6.07, 6.45) is 0.589. The Balaban J connectivity index is 1.60.